The smallest absolute Gasteiger partial charge is 0.0480 e. The molecule has 1 atom stereocenters. The maximum atomic E-state index is 5.45. The minimum absolute atomic E-state index is 0.412. The monoisotopic (exact) mass is 254 g/mol. The minimum atomic E-state index is 0.412. The van der Waals surface area contributed by atoms with Crippen molar-refractivity contribution < 1.29 is 4.74 Å². The van der Waals surface area contributed by atoms with Crippen LogP contribution in [0, 0.1) is 5.41 Å². The molecule has 106 valence electrons. The van der Waals surface area contributed by atoms with Crippen LogP contribution in [-0.4, -0.2) is 50.3 Å². The second kappa shape index (κ2) is 6.36. The van der Waals surface area contributed by atoms with Gasteiger partial charge in [0.05, 0.1) is 0 Å². The van der Waals surface area contributed by atoms with Crippen LogP contribution in [0.15, 0.2) is 0 Å². The van der Waals surface area contributed by atoms with Crippen molar-refractivity contribution in [1.29, 1.82) is 0 Å². The van der Waals surface area contributed by atoms with Gasteiger partial charge < -0.3 is 15.0 Å². The molecule has 0 radical (unpaired) electrons. The molecule has 1 N–H and O–H groups in total. The van der Waals surface area contributed by atoms with Crippen molar-refractivity contribution in [2.75, 3.05) is 33.4 Å². The predicted molar refractivity (Wildman–Crippen MR) is 75.9 cm³/mol. The van der Waals surface area contributed by atoms with Crippen LogP contribution >= 0.6 is 0 Å². The average Bonchev–Trinajstić information content (AvgIpc) is 3.21. The summed E-state index contributed by atoms with van der Waals surface area (Å²) in [6.45, 7) is 9.01. The summed E-state index contributed by atoms with van der Waals surface area (Å²) in [5, 5.41) is 3.71. The molecular formula is C15H30N2O. The van der Waals surface area contributed by atoms with E-state index >= 15 is 0 Å². The fraction of sp³-hybridized carbons (Fsp3) is 1.00. The Morgan fingerprint density at radius 2 is 1.89 bits per heavy atom. The molecule has 0 amide bonds. The molecule has 2 fully saturated rings. The van der Waals surface area contributed by atoms with Crippen molar-refractivity contribution in [3.05, 3.63) is 0 Å². The molecule has 2 rings (SSSR count). The lowest BCUT2D eigenvalue weighted by Gasteiger charge is -2.38. The van der Waals surface area contributed by atoms with Crippen LogP contribution in [0.25, 0.3) is 0 Å². The van der Waals surface area contributed by atoms with Crippen LogP contribution in [0.4, 0.5) is 0 Å². The lowest BCUT2D eigenvalue weighted by Crippen LogP contribution is -2.46. The van der Waals surface area contributed by atoms with Crippen molar-refractivity contribution in [1.82, 2.24) is 10.2 Å². The standard InChI is InChI=1S/C15H30N2O/c1-4-15(2,11-16-13-5-6-13)12-17(3)14-7-9-18-10-8-14/h13-14,16H,4-12H2,1-3H3. The van der Waals surface area contributed by atoms with E-state index < -0.39 is 0 Å². The zero-order valence-corrected chi connectivity index (χ0v) is 12.4. The highest BCUT2D eigenvalue weighted by molar-refractivity contribution is 4.87. The SMILES string of the molecule is CCC(C)(CNC1CC1)CN(C)C1CCOCC1. The maximum Gasteiger partial charge on any atom is 0.0480 e. The molecule has 1 unspecified atom stereocenters. The van der Waals surface area contributed by atoms with E-state index in [0.29, 0.717) is 5.41 Å². The molecule has 1 aliphatic carbocycles. The molecule has 1 saturated carbocycles. The Morgan fingerprint density at radius 3 is 2.44 bits per heavy atom. The van der Waals surface area contributed by atoms with Crippen LogP contribution in [0.3, 0.4) is 0 Å². The third-order valence-corrected chi connectivity index (χ3v) is 4.69. The number of ether oxygens (including phenoxy) is 1. The van der Waals surface area contributed by atoms with Crippen molar-refractivity contribution in [3.63, 3.8) is 0 Å². The molecular weight excluding hydrogens is 224 g/mol. The predicted octanol–water partition coefficient (Wildman–Crippen LogP) is 2.27. The van der Waals surface area contributed by atoms with E-state index in [2.05, 4.69) is 31.1 Å². The van der Waals surface area contributed by atoms with Gasteiger partial charge in [-0.05, 0) is 44.6 Å². The van der Waals surface area contributed by atoms with Crippen molar-refractivity contribution in [2.45, 2.75) is 58.0 Å². The number of hydrogen-bond acceptors (Lipinski definition) is 3. The van der Waals surface area contributed by atoms with E-state index in [9.17, 15) is 0 Å². The van der Waals surface area contributed by atoms with Gasteiger partial charge in [0.25, 0.3) is 0 Å². The van der Waals surface area contributed by atoms with Crippen LogP contribution in [0.1, 0.15) is 46.0 Å². The van der Waals surface area contributed by atoms with Gasteiger partial charge in [-0.2, -0.15) is 0 Å². The van der Waals surface area contributed by atoms with Crippen molar-refractivity contribution in [3.8, 4) is 0 Å². The number of nitrogens with one attached hydrogen (secondary N) is 1. The van der Waals surface area contributed by atoms with E-state index in [4.69, 9.17) is 4.74 Å². The molecule has 3 nitrogen and oxygen atoms in total. The van der Waals surface area contributed by atoms with Crippen molar-refractivity contribution >= 4 is 0 Å². The van der Waals surface area contributed by atoms with Crippen LogP contribution in [0.2, 0.25) is 0 Å². The zero-order valence-electron chi connectivity index (χ0n) is 12.4. The van der Waals surface area contributed by atoms with E-state index in [1.807, 2.05) is 0 Å². The molecule has 1 aliphatic heterocycles. The third-order valence-electron chi connectivity index (χ3n) is 4.69. The molecule has 18 heavy (non-hydrogen) atoms. The lowest BCUT2D eigenvalue weighted by molar-refractivity contribution is 0.0287. The zero-order chi connectivity index (χ0) is 13.0. The van der Waals surface area contributed by atoms with Gasteiger partial charge in [0.15, 0.2) is 0 Å². The Morgan fingerprint density at radius 1 is 1.22 bits per heavy atom. The lowest BCUT2D eigenvalue weighted by atomic mass is 9.86. The van der Waals surface area contributed by atoms with Gasteiger partial charge >= 0.3 is 0 Å². The molecule has 0 aromatic heterocycles. The summed E-state index contributed by atoms with van der Waals surface area (Å²) < 4.78 is 5.45. The highest BCUT2D eigenvalue weighted by atomic mass is 16.5. The Balaban J connectivity index is 1.78. The Labute approximate surface area is 112 Å². The van der Waals surface area contributed by atoms with E-state index in [1.54, 1.807) is 0 Å². The molecule has 1 saturated heterocycles. The average molecular weight is 254 g/mol. The summed E-state index contributed by atoms with van der Waals surface area (Å²) in [5.74, 6) is 0. The molecule has 0 spiro atoms. The van der Waals surface area contributed by atoms with Gasteiger partial charge in [0.1, 0.15) is 0 Å². The molecule has 3 heteroatoms. The second-order valence-corrected chi connectivity index (χ2v) is 6.58. The quantitative estimate of drug-likeness (QED) is 0.754. The summed E-state index contributed by atoms with van der Waals surface area (Å²) in [6.07, 6.45) is 6.42. The van der Waals surface area contributed by atoms with E-state index in [-0.39, 0.29) is 0 Å². The summed E-state index contributed by atoms with van der Waals surface area (Å²) in [5.41, 5.74) is 0.412. The summed E-state index contributed by atoms with van der Waals surface area (Å²) in [7, 11) is 2.29. The van der Waals surface area contributed by atoms with Gasteiger partial charge in [-0.25, -0.2) is 0 Å². The molecule has 0 aromatic rings. The Bertz CT molecular complexity index is 249. The van der Waals surface area contributed by atoms with Gasteiger partial charge in [-0.3, -0.25) is 0 Å². The fourth-order valence-electron chi connectivity index (χ4n) is 2.83. The highest BCUT2D eigenvalue weighted by Crippen LogP contribution is 2.26. The molecule has 1 heterocycles. The van der Waals surface area contributed by atoms with Crippen LogP contribution in [-0.2, 0) is 4.74 Å². The fourth-order valence-corrected chi connectivity index (χ4v) is 2.83. The topological polar surface area (TPSA) is 24.5 Å². The Kier molecular flexibility index (Phi) is 5.05. The highest BCUT2D eigenvalue weighted by Gasteiger charge is 2.30. The molecule has 0 aromatic carbocycles. The van der Waals surface area contributed by atoms with Crippen LogP contribution in [0.5, 0.6) is 0 Å². The van der Waals surface area contributed by atoms with Gasteiger partial charge in [0, 0.05) is 38.4 Å². The largest absolute Gasteiger partial charge is 0.381 e. The number of nitrogens with zero attached hydrogens (tertiary/aromatic N) is 1. The molecule has 0 bridgehead atoms. The van der Waals surface area contributed by atoms with Crippen molar-refractivity contribution in [2.24, 2.45) is 5.41 Å². The summed E-state index contributed by atoms with van der Waals surface area (Å²) >= 11 is 0. The first-order chi connectivity index (χ1) is 8.63. The minimum Gasteiger partial charge on any atom is -0.381 e. The normalized spacial score (nSPS) is 25.3. The first-order valence-corrected chi connectivity index (χ1v) is 7.64. The Hall–Kier alpha value is -0.120. The first kappa shape index (κ1) is 14.3. The van der Waals surface area contributed by atoms with Gasteiger partial charge in [-0.15, -0.1) is 0 Å². The molecule has 2 aliphatic rings. The van der Waals surface area contributed by atoms with Gasteiger partial charge in [-0.1, -0.05) is 13.8 Å². The van der Waals surface area contributed by atoms with E-state index in [1.165, 1.54) is 45.2 Å². The van der Waals surface area contributed by atoms with Gasteiger partial charge in [0.2, 0.25) is 0 Å². The second-order valence-electron chi connectivity index (χ2n) is 6.58. The van der Waals surface area contributed by atoms with E-state index in [0.717, 1.165) is 25.3 Å². The number of hydrogen-bond donors (Lipinski definition) is 1. The first-order valence-electron chi connectivity index (χ1n) is 7.64. The summed E-state index contributed by atoms with van der Waals surface area (Å²) in [4.78, 5) is 2.57. The summed E-state index contributed by atoms with van der Waals surface area (Å²) in [6, 6.07) is 1.55. The third kappa shape index (κ3) is 4.22. The number of rotatable bonds is 7. The van der Waals surface area contributed by atoms with Crippen LogP contribution < -0.4 is 5.32 Å². The maximum absolute atomic E-state index is 5.45.